The maximum Gasteiger partial charge on any atom is 0.217 e. The SMILES string of the molecule is Cc1cccc(CN(Cc2ccccn2)S(=O)(=O)CC2CNCCO2)c1. The first kappa shape index (κ1) is 19.0. The molecule has 1 fully saturated rings. The summed E-state index contributed by atoms with van der Waals surface area (Å²) in [4.78, 5) is 4.29. The van der Waals surface area contributed by atoms with Crippen LogP contribution in [-0.4, -0.2) is 49.3 Å². The minimum atomic E-state index is -3.50. The lowest BCUT2D eigenvalue weighted by Gasteiger charge is -2.27. The number of pyridine rings is 1. The maximum atomic E-state index is 13.1. The van der Waals surface area contributed by atoms with Crippen LogP contribution in [0.4, 0.5) is 0 Å². The fraction of sp³-hybridized carbons (Fsp3) is 0.421. The molecule has 1 atom stereocenters. The fourth-order valence-corrected chi connectivity index (χ4v) is 4.58. The van der Waals surface area contributed by atoms with E-state index in [1.54, 1.807) is 6.20 Å². The molecule has 7 heteroatoms. The van der Waals surface area contributed by atoms with Gasteiger partial charge >= 0.3 is 0 Å². The molecule has 1 aliphatic rings. The predicted octanol–water partition coefficient (Wildman–Crippen LogP) is 1.71. The Hall–Kier alpha value is -1.80. The normalized spacial score (nSPS) is 18.2. The van der Waals surface area contributed by atoms with Crippen molar-refractivity contribution in [2.75, 3.05) is 25.4 Å². The molecule has 3 rings (SSSR count). The standard InChI is InChI=1S/C19H25N3O3S/c1-16-5-4-6-17(11-16)13-22(14-18-7-2-3-8-21-18)26(23,24)15-19-12-20-9-10-25-19/h2-8,11,19-20H,9-10,12-15H2,1H3. The van der Waals surface area contributed by atoms with Crippen molar-refractivity contribution >= 4 is 10.0 Å². The van der Waals surface area contributed by atoms with Crippen LogP contribution in [0.25, 0.3) is 0 Å². The third-order valence-corrected chi connectivity index (χ3v) is 6.14. The molecule has 1 aromatic carbocycles. The number of ether oxygens (including phenoxy) is 1. The van der Waals surface area contributed by atoms with E-state index in [0.29, 0.717) is 19.7 Å². The summed E-state index contributed by atoms with van der Waals surface area (Å²) in [6, 6.07) is 13.5. The second-order valence-electron chi connectivity index (χ2n) is 6.55. The molecule has 1 N–H and O–H groups in total. The second-order valence-corrected chi connectivity index (χ2v) is 8.57. The van der Waals surface area contributed by atoms with Gasteiger partial charge in [0.05, 0.1) is 30.7 Å². The quantitative estimate of drug-likeness (QED) is 0.798. The molecular formula is C19H25N3O3S. The lowest BCUT2D eigenvalue weighted by atomic mass is 10.1. The second kappa shape index (κ2) is 8.73. The Labute approximate surface area is 155 Å². The first-order chi connectivity index (χ1) is 12.5. The van der Waals surface area contributed by atoms with Gasteiger partial charge in [0.25, 0.3) is 0 Å². The van der Waals surface area contributed by atoms with Crippen LogP contribution >= 0.6 is 0 Å². The highest BCUT2D eigenvalue weighted by atomic mass is 32.2. The third-order valence-electron chi connectivity index (χ3n) is 4.30. The highest BCUT2D eigenvalue weighted by Gasteiger charge is 2.28. The van der Waals surface area contributed by atoms with Crippen molar-refractivity contribution in [2.24, 2.45) is 0 Å². The van der Waals surface area contributed by atoms with Gasteiger partial charge in [-0.05, 0) is 24.6 Å². The average molecular weight is 375 g/mol. The van der Waals surface area contributed by atoms with Crippen LogP contribution in [0.5, 0.6) is 0 Å². The highest BCUT2D eigenvalue weighted by molar-refractivity contribution is 7.89. The Kier molecular flexibility index (Phi) is 6.37. The number of aromatic nitrogens is 1. The van der Waals surface area contributed by atoms with E-state index in [1.807, 2.05) is 49.4 Å². The molecule has 0 aliphatic carbocycles. The summed E-state index contributed by atoms with van der Waals surface area (Å²) in [6.07, 6.45) is 1.36. The Morgan fingerprint density at radius 3 is 2.81 bits per heavy atom. The third kappa shape index (κ3) is 5.35. The molecule has 0 radical (unpaired) electrons. The van der Waals surface area contributed by atoms with Gasteiger partial charge in [0.2, 0.25) is 10.0 Å². The lowest BCUT2D eigenvalue weighted by molar-refractivity contribution is 0.0422. The minimum Gasteiger partial charge on any atom is -0.374 e. The summed E-state index contributed by atoms with van der Waals surface area (Å²) in [5.74, 6) is -0.0291. The molecule has 140 valence electrons. The van der Waals surface area contributed by atoms with E-state index in [-0.39, 0.29) is 18.4 Å². The first-order valence-corrected chi connectivity index (χ1v) is 10.4. The summed E-state index contributed by atoms with van der Waals surface area (Å²) in [5, 5.41) is 3.18. The molecule has 0 spiro atoms. The summed E-state index contributed by atoms with van der Waals surface area (Å²) in [6.45, 7) is 4.43. The topological polar surface area (TPSA) is 71.5 Å². The number of hydrogen-bond acceptors (Lipinski definition) is 5. The van der Waals surface area contributed by atoms with E-state index >= 15 is 0 Å². The van der Waals surface area contributed by atoms with Crippen LogP contribution in [0, 0.1) is 6.92 Å². The highest BCUT2D eigenvalue weighted by Crippen LogP contribution is 2.16. The molecule has 1 aromatic heterocycles. The van der Waals surface area contributed by atoms with Crippen LogP contribution in [0.15, 0.2) is 48.7 Å². The molecule has 6 nitrogen and oxygen atoms in total. The molecule has 1 unspecified atom stereocenters. The predicted molar refractivity (Wildman–Crippen MR) is 101 cm³/mol. The summed E-state index contributed by atoms with van der Waals surface area (Å²) >= 11 is 0. The van der Waals surface area contributed by atoms with Gasteiger partial charge in [-0.15, -0.1) is 0 Å². The molecule has 0 amide bonds. The van der Waals surface area contributed by atoms with Gasteiger partial charge in [0, 0.05) is 25.8 Å². The number of sulfonamides is 1. The van der Waals surface area contributed by atoms with Crippen molar-refractivity contribution in [3.63, 3.8) is 0 Å². The number of benzene rings is 1. The van der Waals surface area contributed by atoms with E-state index in [4.69, 9.17) is 4.74 Å². The van der Waals surface area contributed by atoms with Gasteiger partial charge in [-0.3, -0.25) is 4.98 Å². The van der Waals surface area contributed by atoms with Gasteiger partial charge in [0.1, 0.15) is 0 Å². The maximum absolute atomic E-state index is 13.1. The molecule has 2 aromatic rings. The van der Waals surface area contributed by atoms with Crippen molar-refractivity contribution < 1.29 is 13.2 Å². The Bertz CT molecular complexity index is 806. The molecule has 1 saturated heterocycles. The minimum absolute atomic E-state index is 0.0291. The number of rotatable bonds is 7. The summed E-state index contributed by atoms with van der Waals surface area (Å²) in [5.41, 5.74) is 2.80. The fourth-order valence-electron chi connectivity index (χ4n) is 3.01. The van der Waals surface area contributed by atoms with Gasteiger partial charge in [0.15, 0.2) is 0 Å². The number of hydrogen-bond donors (Lipinski definition) is 1. The van der Waals surface area contributed by atoms with Crippen molar-refractivity contribution in [3.05, 3.63) is 65.5 Å². The van der Waals surface area contributed by atoms with Gasteiger partial charge in [-0.1, -0.05) is 35.9 Å². The number of morpholine rings is 1. The molecule has 0 bridgehead atoms. The van der Waals surface area contributed by atoms with Crippen LogP contribution in [0.3, 0.4) is 0 Å². The number of nitrogens with one attached hydrogen (secondary N) is 1. The first-order valence-electron chi connectivity index (χ1n) is 8.78. The van der Waals surface area contributed by atoms with Crippen molar-refractivity contribution in [3.8, 4) is 0 Å². The Morgan fingerprint density at radius 2 is 2.12 bits per heavy atom. The molecule has 2 heterocycles. The summed E-state index contributed by atoms with van der Waals surface area (Å²) < 4.78 is 33.3. The van der Waals surface area contributed by atoms with Crippen LogP contribution in [0.1, 0.15) is 16.8 Å². The monoisotopic (exact) mass is 375 g/mol. The lowest BCUT2D eigenvalue weighted by Crippen LogP contribution is -2.45. The van der Waals surface area contributed by atoms with E-state index in [2.05, 4.69) is 10.3 Å². The number of aryl methyl sites for hydroxylation is 1. The largest absolute Gasteiger partial charge is 0.374 e. The van der Waals surface area contributed by atoms with Crippen LogP contribution in [0.2, 0.25) is 0 Å². The van der Waals surface area contributed by atoms with Crippen LogP contribution in [-0.2, 0) is 27.8 Å². The average Bonchev–Trinajstić information content (AvgIpc) is 2.63. The molecule has 0 saturated carbocycles. The van der Waals surface area contributed by atoms with Gasteiger partial charge in [-0.2, -0.15) is 4.31 Å². The smallest absolute Gasteiger partial charge is 0.217 e. The molecule has 26 heavy (non-hydrogen) atoms. The van der Waals surface area contributed by atoms with Crippen molar-refractivity contribution in [1.29, 1.82) is 0 Å². The number of nitrogens with zero attached hydrogens (tertiary/aromatic N) is 2. The Balaban J connectivity index is 1.80. The van der Waals surface area contributed by atoms with E-state index in [9.17, 15) is 8.42 Å². The zero-order chi connectivity index (χ0) is 18.4. The summed E-state index contributed by atoms with van der Waals surface area (Å²) in [7, 11) is -3.50. The van der Waals surface area contributed by atoms with E-state index in [0.717, 1.165) is 23.4 Å². The van der Waals surface area contributed by atoms with Crippen molar-refractivity contribution in [2.45, 2.75) is 26.1 Å². The van der Waals surface area contributed by atoms with E-state index < -0.39 is 10.0 Å². The van der Waals surface area contributed by atoms with E-state index in [1.165, 1.54) is 4.31 Å². The zero-order valence-corrected chi connectivity index (χ0v) is 15.8. The van der Waals surface area contributed by atoms with Gasteiger partial charge < -0.3 is 10.1 Å². The van der Waals surface area contributed by atoms with Gasteiger partial charge in [-0.25, -0.2) is 8.42 Å². The zero-order valence-electron chi connectivity index (χ0n) is 15.0. The Morgan fingerprint density at radius 1 is 1.23 bits per heavy atom. The van der Waals surface area contributed by atoms with Crippen molar-refractivity contribution in [1.82, 2.24) is 14.6 Å². The molecular weight excluding hydrogens is 350 g/mol. The van der Waals surface area contributed by atoms with Crippen LogP contribution < -0.4 is 5.32 Å². The molecule has 1 aliphatic heterocycles.